The van der Waals surface area contributed by atoms with Gasteiger partial charge in [-0.05, 0) is 22.4 Å². The Labute approximate surface area is 63.0 Å². The van der Waals surface area contributed by atoms with Gasteiger partial charge in [0.15, 0.2) is 0 Å². The van der Waals surface area contributed by atoms with Crippen molar-refractivity contribution in [2.45, 2.75) is 13.3 Å². The van der Waals surface area contributed by atoms with E-state index in [1.54, 1.807) is 0 Å². The topological polar surface area (TPSA) is 26.3 Å². The molecular weight excluding hydrogens is 184 g/mol. The van der Waals surface area contributed by atoms with Crippen molar-refractivity contribution in [3.8, 4) is 0 Å². The van der Waals surface area contributed by atoms with Gasteiger partial charge in [0.25, 0.3) is 0 Å². The normalized spacial score (nSPS) is 8.67. The number of hydrogen-bond acceptors (Lipinski definition) is 2. The Morgan fingerprint density at radius 3 is 2.67 bits per heavy atom. The molecule has 0 saturated carbocycles. The highest BCUT2D eigenvalue weighted by atomic mass is 79.9. The summed E-state index contributed by atoms with van der Waals surface area (Å²) in [5, 5.41) is 0. The Morgan fingerprint density at radius 2 is 2.33 bits per heavy atom. The lowest BCUT2D eigenvalue weighted by atomic mass is 10.2. The molecule has 0 aromatic rings. The lowest BCUT2D eigenvalue weighted by Crippen LogP contribution is -2.04. The van der Waals surface area contributed by atoms with Crippen molar-refractivity contribution in [1.82, 2.24) is 0 Å². The molecule has 0 aliphatic heterocycles. The van der Waals surface area contributed by atoms with Gasteiger partial charge in [0.05, 0.1) is 0 Å². The van der Waals surface area contributed by atoms with Gasteiger partial charge in [0.1, 0.15) is 5.52 Å². The van der Waals surface area contributed by atoms with Gasteiger partial charge in [0, 0.05) is 5.57 Å². The molecule has 0 atom stereocenters. The molecule has 0 rings (SSSR count). The number of esters is 1. The van der Waals surface area contributed by atoms with Gasteiger partial charge in [-0.1, -0.05) is 13.5 Å². The van der Waals surface area contributed by atoms with Gasteiger partial charge in [-0.15, -0.1) is 0 Å². The molecule has 0 bridgehead atoms. The van der Waals surface area contributed by atoms with Crippen LogP contribution in [-0.2, 0) is 9.53 Å². The zero-order valence-electron chi connectivity index (χ0n) is 5.32. The van der Waals surface area contributed by atoms with E-state index >= 15 is 0 Å². The maximum absolute atomic E-state index is 10.6. The quantitative estimate of drug-likeness (QED) is 0.388. The smallest absolute Gasteiger partial charge is 0.334 e. The Hall–Kier alpha value is -0.310. The summed E-state index contributed by atoms with van der Waals surface area (Å²) < 4.78 is 4.57. The predicted molar refractivity (Wildman–Crippen MR) is 39.3 cm³/mol. The fourth-order valence-corrected chi connectivity index (χ4v) is 0.504. The third-order valence-electron chi connectivity index (χ3n) is 0.901. The summed E-state index contributed by atoms with van der Waals surface area (Å²) >= 11 is 2.96. The fourth-order valence-electron chi connectivity index (χ4n) is 0.296. The molecule has 0 unspecified atom stereocenters. The van der Waals surface area contributed by atoms with Gasteiger partial charge < -0.3 is 4.74 Å². The summed E-state index contributed by atoms with van der Waals surface area (Å²) in [5.74, 6) is -0.325. The molecule has 52 valence electrons. The molecule has 0 radical (unpaired) electrons. The minimum atomic E-state index is -0.325. The van der Waals surface area contributed by atoms with E-state index in [-0.39, 0.29) is 11.5 Å². The summed E-state index contributed by atoms with van der Waals surface area (Å²) in [7, 11) is 0. The molecule has 0 aliphatic carbocycles. The van der Waals surface area contributed by atoms with E-state index in [2.05, 4.69) is 27.2 Å². The summed E-state index contributed by atoms with van der Waals surface area (Å²) in [6.07, 6.45) is 0.645. The van der Waals surface area contributed by atoms with E-state index in [1.807, 2.05) is 6.92 Å². The first kappa shape index (κ1) is 8.69. The molecule has 0 spiro atoms. The Bertz CT molecular complexity index is 120. The molecule has 0 heterocycles. The van der Waals surface area contributed by atoms with Crippen molar-refractivity contribution in [3.63, 3.8) is 0 Å². The number of rotatable bonds is 3. The van der Waals surface area contributed by atoms with Crippen molar-refractivity contribution in [2.24, 2.45) is 0 Å². The lowest BCUT2D eigenvalue weighted by molar-refractivity contribution is -0.136. The van der Waals surface area contributed by atoms with Crippen LogP contribution in [0.3, 0.4) is 0 Å². The molecule has 3 heteroatoms. The van der Waals surface area contributed by atoms with E-state index in [4.69, 9.17) is 0 Å². The summed E-state index contributed by atoms with van der Waals surface area (Å²) in [5.41, 5.74) is 0.750. The average molecular weight is 193 g/mol. The van der Waals surface area contributed by atoms with Crippen LogP contribution in [0.1, 0.15) is 13.3 Å². The first-order valence-electron chi connectivity index (χ1n) is 2.63. The number of halogens is 1. The molecule has 2 nitrogen and oxygen atoms in total. The molecular formula is C6H9BrO2. The molecule has 9 heavy (non-hydrogen) atoms. The van der Waals surface area contributed by atoms with Gasteiger partial charge in [-0.2, -0.15) is 0 Å². The number of hydrogen-bond donors (Lipinski definition) is 0. The average Bonchev–Trinajstić information content (AvgIpc) is 1.87. The molecule has 0 saturated heterocycles. The maximum Gasteiger partial charge on any atom is 0.334 e. The second-order valence-corrected chi connectivity index (χ2v) is 1.96. The maximum atomic E-state index is 10.6. The van der Waals surface area contributed by atoms with Crippen LogP contribution >= 0.6 is 15.9 Å². The van der Waals surface area contributed by atoms with Crippen LogP contribution in [0.2, 0.25) is 0 Å². The largest absolute Gasteiger partial charge is 0.451 e. The standard InChI is InChI=1S/C6H9BrO2/c1-3-5(2)6(8)9-4-7/h2-4H2,1H3. The highest BCUT2D eigenvalue weighted by molar-refractivity contribution is 9.09. The zero-order chi connectivity index (χ0) is 7.28. The van der Waals surface area contributed by atoms with Crippen molar-refractivity contribution < 1.29 is 9.53 Å². The fraction of sp³-hybridized carbons (Fsp3) is 0.500. The molecule has 0 aromatic carbocycles. The second-order valence-electron chi connectivity index (χ2n) is 1.50. The second kappa shape index (κ2) is 4.56. The van der Waals surface area contributed by atoms with Crippen molar-refractivity contribution in [2.75, 3.05) is 5.52 Å². The summed E-state index contributed by atoms with van der Waals surface area (Å²) in [6.45, 7) is 5.36. The van der Waals surface area contributed by atoms with Crippen LogP contribution in [0.15, 0.2) is 12.2 Å². The van der Waals surface area contributed by atoms with Crippen LogP contribution in [0.5, 0.6) is 0 Å². The minimum Gasteiger partial charge on any atom is -0.451 e. The van der Waals surface area contributed by atoms with Crippen LogP contribution in [-0.4, -0.2) is 11.5 Å². The van der Waals surface area contributed by atoms with Gasteiger partial charge >= 0.3 is 5.97 Å². The van der Waals surface area contributed by atoms with Gasteiger partial charge in [-0.3, -0.25) is 0 Å². The SMILES string of the molecule is C=C(CC)C(=O)OCBr. The van der Waals surface area contributed by atoms with E-state index < -0.39 is 0 Å². The number of alkyl halides is 1. The van der Waals surface area contributed by atoms with E-state index in [9.17, 15) is 4.79 Å². The molecule has 0 amide bonds. The molecule has 0 fully saturated rings. The third kappa shape index (κ3) is 3.30. The number of carbonyl (C=O) groups is 1. The highest BCUT2D eigenvalue weighted by Crippen LogP contribution is 1.99. The summed E-state index contributed by atoms with van der Waals surface area (Å²) in [4.78, 5) is 10.6. The van der Waals surface area contributed by atoms with Gasteiger partial charge in [-0.25, -0.2) is 4.79 Å². The Balaban J connectivity index is 3.60. The van der Waals surface area contributed by atoms with Crippen molar-refractivity contribution in [1.29, 1.82) is 0 Å². The van der Waals surface area contributed by atoms with Crippen LogP contribution in [0, 0.1) is 0 Å². The number of carbonyl (C=O) groups excluding carboxylic acids is 1. The van der Waals surface area contributed by atoms with Crippen LogP contribution in [0.4, 0.5) is 0 Å². The zero-order valence-corrected chi connectivity index (χ0v) is 6.90. The summed E-state index contributed by atoms with van der Waals surface area (Å²) in [6, 6.07) is 0. The van der Waals surface area contributed by atoms with Gasteiger partial charge in [0.2, 0.25) is 0 Å². The first-order chi connectivity index (χ1) is 4.22. The molecule has 0 aromatic heterocycles. The van der Waals surface area contributed by atoms with E-state index in [0.717, 1.165) is 0 Å². The lowest BCUT2D eigenvalue weighted by Gasteiger charge is -1.99. The highest BCUT2D eigenvalue weighted by Gasteiger charge is 2.03. The monoisotopic (exact) mass is 192 g/mol. The molecule has 0 N–H and O–H groups in total. The first-order valence-corrected chi connectivity index (χ1v) is 3.75. The minimum absolute atomic E-state index is 0.241. The van der Waals surface area contributed by atoms with Crippen molar-refractivity contribution in [3.05, 3.63) is 12.2 Å². The van der Waals surface area contributed by atoms with Crippen LogP contribution < -0.4 is 0 Å². The molecule has 0 aliphatic rings. The number of ether oxygens (including phenoxy) is 1. The van der Waals surface area contributed by atoms with Crippen LogP contribution in [0.25, 0.3) is 0 Å². The van der Waals surface area contributed by atoms with E-state index in [1.165, 1.54) is 0 Å². The van der Waals surface area contributed by atoms with E-state index in [0.29, 0.717) is 12.0 Å². The Morgan fingerprint density at radius 1 is 1.78 bits per heavy atom. The predicted octanol–water partition coefficient (Wildman–Crippen LogP) is 1.85. The third-order valence-corrected chi connectivity index (χ3v) is 1.13. The van der Waals surface area contributed by atoms with Crippen molar-refractivity contribution >= 4 is 21.9 Å². The Kier molecular flexibility index (Phi) is 4.40.